The van der Waals surface area contributed by atoms with E-state index >= 15 is 0 Å². The molecule has 0 radical (unpaired) electrons. The van der Waals surface area contributed by atoms with E-state index in [1.54, 1.807) is 19.4 Å². The van der Waals surface area contributed by atoms with Crippen molar-refractivity contribution in [1.82, 2.24) is 14.4 Å². The molecule has 6 nitrogen and oxygen atoms in total. The Kier molecular flexibility index (Phi) is 5.42. The monoisotopic (exact) mass is 471 g/mol. The highest BCUT2D eigenvalue weighted by molar-refractivity contribution is 6.30. The molecule has 3 aromatic heterocycles. The van der Waals surface area contributed by atoms with Crippen LogP contribution >= 0.6 is 11.6 Å². The molecule has 0 unspecified atom stereocenters. The van der Waals surface area contributed by atoms with Crippen LogP contribution in [0.2, 0.25) is 5.02 Å². The minimum Gasteiger partial charge on any atom is -0.481 e. The van der Waals surface area contributed by atoms with Gasteiger partial charge in [0.25, 0.3) is 0 Å². The van der Waals surface area contributed by atoms with Gasteiger partial charge in [-0.2, -0.15) is 8.78 Å². The molecule has 2 atom stereocenters. The van der Waals surface area contributed by atoms with Gasteiger partial charge in [0.2, 0.25) is 5.88 Å². The zero-order chi connectivity index (χ0) is 23.3. The Morgan fingerprint density at radius 2 is 2.00 bits per heavy atom. The molecule has 9 heteroatoms. The zero-order valence-electron chi connectivity index (χ0n) is 17.8. The largest absolute Gasteiger partial charge is 0.481 e. The number of aliphatic hydroxyl groups excluding tert-OH is 1. The van der Waals surface area contributed by atoms with Gasteiger partial charge in [0.05, 0.1) is 24.6 Å². The molecule has 0 amide bonds. The Hall–Kier alpha value is -3.23. The molecule has 0 spiro atoms. The van der Waals surface area contributed by atoms with Crippen LogP contribution in [0.15, 0.2) is 48.8 Å². The Morgan fingerprint density at radius 1 is 1.18 bits per heavy atom. The summed E-state index contributed by atoms with van der Waals surface area (Å²) >= 11 is 6.19. The van der Waals surface area contributed by atoms with Crippen molar-refractivity contribution in [2.75, 3.05) is 7.11 Å². The number of halogens is 3. The number of hydrogen-bond donors (Lipinski definition) is 1. The van der Waals surface area contributed by atoms with E-state index in [2.05, 4.69) is 9.97 Å². The lowest BCUT2D eigenvalue weighted by molar-refractivity contribution is -0.0505. The van der Waals surface area contributed by atoms with Crippen molar-refractivity contribution < 1.29 is 23.4 Å². The molecule has 3 heterocycles. The Bertz CT molecular complexity index is 1360. The Labute approximate surface area is 193 Å². The van der Waals surface area contributed by atoms with E-state index in [9.17, 15) is 13.9 Å². The predicted octanol–water partition coefficient (Wildman–Crippen LogP) is 5.54. The van der Waals surface area contributed by atoms with E-state index < -0.39 is 18.6 Å². The normalized spacial score (nSPS) is 17.5. The van der Waals surface area contributed by atoms with Crippen LogP contribution in [0.5, 0.6) is 11.6 Å². The van der Waals surface area contributed by atoms with Crippen LogP contribution in [0.25, 0.3) is 16.8 Å². The topological polar surface area (TPSA) is 68.9 Å². The number of aryl methyl sites for hydroxylation is 1. The maximum absolute atomic E-state index is 13.0. The first kappa shape index (κ1) is 21.6. The molecule has 0 aliphatic heterocycles. The number of alkyl halides is 2. The number of aliphatic hydroxyl groups is 1. The number of methoxy groups -OCH3 is 1. The van der Waals surface area contributed by atoms with Crippen LogP contribution in [0, 0.1) is 6.92 Å². The zero-order valence-corrected chi connectivity index (χ0v) is 18.6. The molecule has 0 fully saturated rings. The summed E-state index contributed by atoms with van der Waals surface area (Å²) in [5, 5.41) is 11.1. The van der Waals surface area contributed by atoms with Crippen LogP contribution in [0.1, 0.15) is 41.0 Å². The smallest absolute Gasteiger partial charge is 0.387 e. The van der Waals surface area contributed by atoms with Gasteiger partial charge in [0.1, 0.15) is 11.4 Å². The number of benzene rings is 1. The van der Waals surface area contributed by atoms with Crippen molar-refractivity contribution in [3.63, 3.8) is 0 Å². The van der Waals surface area contributed by atoms with Gasteiger partial charge in [0.15, 0.2) is 0 Å². The number of pyridine rings is 2. The first-order valence-electron chi connectivity index (χ1n) is 10.3. The molecule has 4 aromatic rings. The van der Waals surface area contributed by atoms with Crippen LogP contribution in [0.3, 0.4) is 0 Å². The minimum absolute atomic E-state index is 0.0283. The van der Waals surface area contributed by atoms with Gasteiger partial charge >= 0.3 is 6.61 Å². The lowest BCUT2D eigenvalue weighted by atomic mass is 9.95. The summed E-state index contributed by atoms with van der Waals surface area (Å²) < 4.78 is 38.0. The van der Waals surface area contributed by atoms with Crippen molar-refractivity contribution in [2.45, 2.75) is 32.0 Å². The second-order valence-electron chi connectivity index (χ2n) is 7.94. The number of nitrogens with zero attached hydrogens (tertiary/aromatic N) is 3. The number of hydrogen-bond acceptors (Lipinski definition) is 5. The number of ether oxygens (including phenoxy) is 2. The SMILES string of the molecule is COc1ncc(-c2ccc3nc4c(n3c2)[C@@H](c2cc(Cl)ccc2OC(F)F)C[C@H]4O)cc1C. The molecular weight excluding hydrogens is 452 g/mol. The molecule has 0 bridgehead atoms. The minimum atomic E-state index is -2.98. The van der Waals surface area contributed by atoms with Gasteiger partial charge in [-0.05, 0) is 49.7 Å². The first-order valence-corrected chi connectivity index (χ1v) is 10.7. The Morgan fingerprint density at radius 3 is 2.73 bits per heavy atom. The molecule has 1 aromatic carbocycles. The molecule has 0 saturated carbocycles. The van der Waals surface area contributed by atoms with E-state index in [1.165, 1.54) is 12.1 Å². The van der Waals surface area contributed by atoms with Crippen LogP contribution in [-0.4, -0.2) is 33.2 Å². The van der Waals surface area contributed by atoms with Gasteiger partial charge in [0, 0.05) is 45.6 Å². The average Bonchev–Trinajstić information content (AvgIpc) is 3.31. The molecule has 1 N–H and O–H groups in total. The Balaban J connectivity index is 1.65. The maximum atomic E-state index is 13.0. The fourth-order valence-electron chi connectivity index (χ4n) is 4.49. The van der Waals surface area contributed by atoms with E-state index in [0.717, 1.165) is 22.4 Å². The van der Waals surface area contributed by atoms with Gasteiger partial charge in [-0.25, -0.2) is 9.97 Å². The molecule has 1 aliphatic carbocycles. The highest BCUT2D eigenvalue weighted by Gasteiger charge is 2.37. The third-order valence-electron chi connectivity index (χ3n) is 5.91. The van der Waals surface area contributed by atoms with Gasteiger partial charge in [-0.3, -0.25) is 0 Å². The molecule has 170 valence electrons. The molecule has 0 saturated heterocycles. The van der Waals surface area contributed by atoms with Crippen molar-refractivity contribution in [3.05, 3.63) is 76.3 Å². The van der Waals surface area contributed by atoms with Gasteiger partial charge in [-0.15, -0.1) is 0 Å². The lowest BCUT2D eigenvalue weighted by Gasteiger charge is -2.18. The maximum Gasteiger partial charge on any atom is 0.387 e. The molecule has 5 rings (SSSR count). The van der Waals surface area contributed by atoms with Crippen LogP contribution < -0.4 is 9.47 Å². The van der Waals surface area contributed by atoms with Crippen molar-refractivity contribution >= 4 is 17.2 Å². The van der Waals surface area contributed by atoms with E-state index in [0.29, 0.717) is 27.8 Å². The van der Waals surface area contributed by atoms with Gasteiger partial charge < -0.3 is 19.0 Å². The van der Waals surface area contributed by atoms with E-state index in [-0.39, 0.29) is 12.2 Å². The highest BCUT2D eigenvalue weighted by atomic mass is 35.5. The summed E-state index contributed by atoms with van der Waals surface area (Å²) in [6.07, 6.45) is 3.08. The second kappa shape index (κ2) is 8.28. The predicted molar refractivity (Wildman–Crippen MR) is 119 cm³/mol. The van der Waals surface area contributed by atoms with Crippen molar-refractivity contribution in [2.24, 2.45) is 0 Å². The quantitative estimate of drug-likeness (QED) is 0.414. The van der Waals surface area contributed by atoms with Crippen LogP contribution in [0.4, 0.5) is 8.78 Å². The highest BCUT2D eigenvalue weighted by Crippen LogP contribution is 2.47. The molecule has 33 heavy (non-hydrogen) atoms. The lowest BCUT2D eigenvalue weighted by Crippen LogP contribution is -2.08. The number of imidazole rings is 1. The molecule has 1 aliphatic rings. The van der Waals surface area contributed by atoms with E-state index in [1.807, 2.05) is 35.7 Å². The summed E-state index contributed by atoms with van der Waals surface area (Å²) in [7, 11) is 1.57. The summed E-state index contributed by atoms with van der Waals surface area (Å²) in [6, 6.07) is 10.3. The summed E-state index contributed by atoms with van der Waals surface area (Å²) in [5.41, 5.74) is 5.03. The second-order valence-corrected chi connectivity index (χ2v) is 8.38. The number of aromatic nitrogens is 3. The third kappa shape index (κ3) is 3.79. The summed E-state index contributed by atoms with van der Waals surface area (Å²) in [6.45, 7) is -1.06. The third-order valence-corrected chi connectivity index (χ3v) is 6.14. The van der Waals surface area contributed by atoms with Crippen LogP contribution in [-0.2, 0) is 0 Å². The standard InChI is InChI=1S/C24H20ClF2N3O3/c1-12-7-14(10-28-23(12)32-2)13-3-6-20-29-21-18(31)9-17(22(21)30(20)11-13)16-8-15(25)4-5-19(16)33-24(26)27/h3-8,10-11,17-18,24,31H,9H2,1-2H3/t17-,18-/m1/s1. The summed E-state index contributed by atoms with van der Waals surface area (Å²) in [4.78, 5) is 8.95. The van der Waals surface area contributed by atoms with E-state index in [4.69, 9.17) is 21.1 Å². The number of rotatable bonds is 5. The number of fused-ring (bicyclic) bond motifs is 3. The fourth-order valence-corrected chi connectivity index (χ4v) is 4.67. The summed E-state index contributed by atoms with van der Waals surface area (Å²) in [5.74, 6) is 0.156. The first-order chi connectivity index (χ1) is 15.9. The van der Waals surface area contributed by atoms with Crippen molar-refractivity contribution in [1.29, 1.82) is 0 Å². The average molecular weight is 472 g/mol. The van der Waals surface area contributed by atoms with Gasteiger partial charge in [-0.1, -0.05) is 11.6 Å². The fraction of sp³-hybridized carbons (Fsp3) is 0.250. The molecular formula is C24H20ClF2N3O3. The van der Waals surface area contributed by atoms with Crippen molar-refractivity contribution in [3.8, 4) is 22.8 Å².